The lowest BCUT2D eigenvalue weighted by atomic mass is 9.94. The van der Waals surface area contributed by atoms with Gasteiger partial charge in [0.15, 0.2) is 17.4 Å². The molecule has 4 aromatic carbocycles. The topological polar surface area (TPSA) is 118 Å². The van der Waals surface area contributed by atoms with Crippen molar-refractivity contribution in [2.24, 2.45) is 0 Å². The number of nitrogens with two attached hydrogens (primary N) is 1. The van der Waals surface area contributed by atoms with E-state index in [0.29, 0.717) is 11.3 Å². The molecule has 0 saturated carbocycles. The lowest BCUT2D eigenvalue weighted by molar-refractivity contribution is -0.143. The van der Waals surface area contributed by atoms with Crippen molar-refractivity contribution < 1.29 is 40.2 Å². The Morgan fingerprint density at radius 3 is 2.41 bits per heavy atom. The van der Waals surface area contributed by atoms with Crippen LogP contribution < -0.4 is 10.5 Å². The van der Waals surface area contributed by atoms with Crippen molar-refractivity contribution in [1.82, 2.24) is 13.8 Å². The van der Waals surface area contributed by atoms with Crippen LogP contribution in [-0.2, 0) is 26.0 Å². The number of carbonyl (C=O) groups is 1. The molecular formula is C37H32F4N4O5S. The molecule has 0 aliphatic carbocycles. The van der Waals surface area contributed by atoms with Gasteiger partial charge in [0.1, 0.15) is 28.9 Å². The zero-order valence-corrected chi connectivity index (χ0v) is 28.5. The summed E-state index contributed by atoms with van der Waals surface area (Å²) in [5.41, 5.74) is 7.48. The van der Waals surface area contributed by atoms with Gasteiger partial charge in [0.2, 0.25) is 0 Å². The Morgan fingerprint density at radius 2 is 1.69 bits per heavy atom. The molecule has 6 rings (SSSR count). The van der Waals surface area contributed by atoms with E-state index >= 15 is 17.6 Å². The predicted octanol–water partition coefficient (Wildman–Crippen LogP) is 7.95. The first-order valence-corrected chi connectivity index (χ1v) is 17.3. The van der Waals surface area contributed by atoms with Gasteiger partial charge >= 0.3 is 5.97 Å². The molecule has 0 saturated heterocycles. The maximum Gasteiger partial charge on any atom is 0.306 e. The van der Waals surface area contributed by atoms with E-state index in [1.165, 1.54) is 24.3 Å². The Morgan fingerprint density at radius 1 is 0.941 bits per heavy atom. The lowest BCUT2D eigenvalue weighted by Gasteiger charge is -2.14. The van der Waals surface area contributed by atoms with Gasteiger partial charge < -0.3 is 15.2 Å². The molecular weight excluding hydrogens is 688 g/mol. The number of carbonyl (C=O) groups excluding carboxylic acids is 1. The number of anilines is 1. The largest absolute Gasteiger partial charge is 0.466 e. The number of rotatable bonds is 11. The molecule has 0 bridgehead atoms. The van der Waals surface area contributed by atoms with Gasteiger partial charge in [0.25, 0.3) is 10.0 Å². The maximum absolute atomic E-state index is 15.7. The van der Waals surface area contributed by atoms with Gasteiger partial charge in [-0.05, 0) is 61.7 Å². The number of benzene rings is 4. The smallest absolute Gasteiger partial charge is 0.306 e. The summed E-state index contributed by atoms with van der Waals surface area (Å²) in [6.45, 7) is 5.39. The first-order chi connectivity index (χ1) is 24.3. The molecule has 9 nitrogen and oxygen atoms in total. The van der Waals surface area contributed by atoms with Crippen molar-refractivity contribution in [3.63, 3.8) is 0 Å². The minimum Gasteiger partial charge on any atom is -0.466 e. The van der Waals surface area contributed by atoms with Gasteiger partial charge in [-0.1, -0.05) is 42.8 Å². The lowest BCUT2D eigenvalue weighted by Crippen LogP contribution is -2.12. The van der Waals surface area contributed by atoms with Crippen LogP contribution >= 0.6 is 0 Å². The first-order valence-electron chi connectivity index (χ1n) is 15.9. The molecule has 2 N–H and O–H groups in total. The van der Waals surface area contributed by atoms with Gasteiger partial charge in [-0.3, -0.25) is 4.79 Å². The molecule has 0 fully saturated rings. The zero-order valence-electron chi connectivity index (χ0n) is 27.7. The number of aromatic nitrogens is 3. The van der Waals surface area contributed by atoms with Gasteiger partial charge in [-0.25, -0.2) is 34.6 Å². The van der Waals surface area contributed by atoms with Crippen molar-refractivity contribution in [1.29, 1.82) is 0 Å². The molecule has 264 valence electrons. The maximum atomic E-state index is 15.7. The molecule has 0 radical (unpaired) electrons. The summed E-state index contributed by atoms with van der Waals surface area (Å²) in [5, 5.41) is 4.19. The summed E-state index contributed by atoms with van der Waals surface area (Å²) >= 11 is 0. The normalized spacial score (nSPS) is 12.3. The van der Waals surface area contributed by atoms with Crippen LogP contribution in [0.3, 0.4) is 0 Å². The molecule has 6 aromatic rings. The fourth-order valence-electron chi connectivity index (χ4n) is 5.71. The molecule has 0 amide bonds. The number of hydrogen-bond acceptors (Lipinski definition) is 7. The highest BCUT2D eigenvalue weighted by Crippen LogP contribution is 2.36. The van der Waals surface area contributed by atoms with Gasteiger partial charge in [0.05, 0.1) is 22.7 Å². The van der Waals surface area contributed by atoms with E-state index in [0.717, 1.165) is 44.7 Å². The number of esters is 1. The SMILES string of the molecule is CCOC(=O)CCc1cccc(C(C)c2cc(N)n(-c3cc(Oc4c(F)cc5c(ccn5S(=O)(=O)c5ccc(C)cc5)c4F)ccc3F)n2)c1F. The minimum absolute atomic E-state index is 0.00614. The second-order valence-corrected chi connectivity index (χ2v) is 13.6. The van der Waals surface area contributed by atoms with E-state index in [-0.39, 0.29) is 58.1 Å². The number of aryl methyl sites for hydroxylation is 2. The molecule has 51 heavy (non-hydrogen) atoms. The third-order valence-corrected chi connectivity index (χ3v) is 10.1. The molecule has 1 unspecified atom stereocenters. The van der Waals surface area contributed by atoms with Gasteiger partial charge in [-0.2, -0.15) is 5.10 Å². The van der Waals surface area contributed by atoms with Crippen LogP contribution in [0.5, 0.6) is 11.5 Å². The van der Waals surface area contributed by atoms with Crippen LogP contribution in [0.1, 0.15) is 48.6 Å². The number of nitrogens with zero attached hydrogens (tertiary/aromatic N) is 3. The van der Waals surface area contributed by atoms with Crippen molar-refractivity contribution >= 4 is 32.7 Å². The highest BCUT2D eigenvalue weighted by molar-refractivity contribution is 7.90. The quantitative estimate of drug-likeness (QED) is 0.107. The number of halogens is 4. The van der Waals surface area contributed by atoms with Crippen molar-refractivity contribution in [2.45, 2.75) is 44.4 Å². The van der Waals surface area contributed by atoms with E-state index in [1.807, 2.05) is 0 Å². The Balaban J connectivity index is 1.28. The van der Waals surface area contributed by atoms with Crippen LogP contribution in [0.15, 0.2) is 90.0 Å². The predicted molar refractivity (Wildman–Crippen MR) is 182 cm³/mol. The van der Waals surface area contributed by atoms with Crippen molar-refractivity contribution in [3.05, 3.63) is 131 Å². The number of fused-ring (bicyclic) bond motifs is 1. The monoisotopic (exact) mass is 720 g/mol. The first kappa shape index (κ1) is 35.2. The van der Waals surface area contributed by atoms with E-state index < -0.39 is 50.9 Å². The Labute approximate surface area is 290 Å². The molecule has 14 heteroatoms. The molecule has 0 spiro atoms. The molecule has 0 aliphatic rings. The van der Waals surface area contributed by atoms with Crippen LogP contribution in [0.4, 0.5) is 23.4 Å². The number of ether oxygens (including phenoxy) is 2. The van der Waals surface area contributed by atoms with Gasteiger partial charge in [-0.15, -0.1) is 0 Å². The highest BCUT2D eigenvalue weighted by atomic mass is 32.2. The number of hydrogen-bond donors (Lipinski definition) is 1. The summed E-state index contributed by atoms with van der Waals surface area (Å²) in [5.74, 6) is -5.80. The Kier molecular flexibility index (Phi) is 9.62. The average Bonchev–Trinajstić information content (AvgIpc) is 3.71. The molecule has 1 atom stereocenters. The minimum atomic E-state index is -4.18. The summed E-state index contributed by atoms with van der Waals surface area (Å²) in [4.78, 5) is 11.7. The summed E-state index contributed by atoms with van der Waals surface area (Å²) in [6, 6.07) is 17.6. The van der Waals surface area contributed by atoms with Crippen molar-refractivity contribution in [2.75, 3.05) is 12.3 Å². The fourth-order valence-corrected chi connectivity index (χ4v) is 7.04. The summed E-state index contributed by atoms with van der Waals surface area (Å²) in [7, 11) is -4.18. The fraction of sp³-hybridized carbons (Fsp3) is 0.189. The standard InChI is InChI=1S/C37H32F4N4O5S/c1-4-49-34(46)15-10-23-6-5-7-26(35(23)40)22(3)30-20-33(42)45(43-30)32-18-24(11-14-28(32)38)50-37-29(39)19-31-27(36(37)41)16-17-44(31)51(47,48)25-12-8-21(2)9-13-25/h5-9,11-14,16-20,22H,4,10,15,42H2,1-3H3. The van der Waals surface area contributed by atoms with E-state index in [9.17, 15) is 13.2 Å². The molecule has 0 aliphatic heterocycles. The van der Waals surface area contributed by atoms with E-state index in [4.69, 9.17) is 15.2 Å². The summed E-state index contributed by atoms with van der Waals surface area (Å²) < 4.78 is 101. The van der Waals surface area contributed by atoms with Crippen LogP contribution in [0.25, 0.3) is 16.6 Å². The van der Waals surface area contributed by atoms with Gasteiger partial charge in [0, 0.05) is 42.1 Å². The van der Waals surface area contributed by atoms with E-state index in [1.54, 1.807) is 51.1 Å². The summed E-state index contributed by atoms with van der Waals surface area (Å²) in [6.07, 6.45) is 1.26. The third kappa shape index (κ3) is 6.78. The highest BCUT2D eigenvalue weighted by Gasteiger charge is 2.25. The number of nitrogen functional groups attached to an aromatic ring is 1. The second-order valence-electron chi connectivity index (χ2n) is 11.8. The van der Waals surface area contributed by atoms with E-state index in [2.05, 4.69) is 5.10 Å². The second kappa shape index (κ2) is 13.9. The van der Waals surface area contributed by atoms with Crippen molar-refractivity contribution in [3.8, 4) is 17.2 Å². The zero-order chi connectivity index (χ0) is 36.6. The average molecular weight is 721 g/mol. The van der Waals surface area contributed by atoms with Crippen LogP contribution in [0.2, 0.25) is 0 Å². The molecule has 2 aromatic heterocycles. The molecule has 2 heterocycles. The Bertz CT molecular complexity index is 2390. The van der Waals surface area contributed by atoms with Crippen LogP contribution in [-0.4, -0.2) is 34.7 Å². The van der Waals surface area contributed by atoms with Crippen LogP contribution in [0, 0.1) is 30.2 Å². The Hall–Kier alpha value is -5.63. The third-order valence-electron chi connectivity index (χ3n) is 8.43.